The first-order valence-electron chi connectivity index (χ1n) is 14.8. The van der Waals surface area contributed by atoms with Crippen LogP contribution in [0.2, 0.25) is 0 Å². The van der Waals surface area contributed by atoms with Gasteiger partial charge < -0.3 is 10.2 Å². The van der Waals surface area contributed by atoms with Gasteiger partial charge in [0.25, 0.3) is 0 Å². The van der Waals surface area contributed by atoms with Gasteiger partial charge >= 0.3 is 0 Å². The average Bonchev–Trinajstić information content (AvgIpc) is 3.12. The van der Waals surface area contributed by atoms with Crippen molar-refractivity contribution in [2.75, 3.05) is 6.61 Å². The number of rotatable bonds is 2. The Bertz CT molecular complexity index is 902. The summed E-state index contributed by atoms with van der Waals surface area (Å²) in [5.74, 6) is 3.06. The molecule has 0 aromatic carbocycles. The second kappa shape index (κ2) is 7.37. The van der Waals surface area contributed by atoms with E-state index in [1.807, 2.05) is 0 Å². The maximum Gasteiger partial charge on any atom is 0.124 e. The molecule has 0 aliphatic heterocycles. The van der Waals surface area contributed by atoms with Crippen LogP contribution < -0.4 is 0 Å². The van der Waals surface area contributed by atoms with E-state index < -0.39 is 4.33 Å². The number of fused-ring (bicyclic) bond motifs is 7. The molecule has 200 valence electrons. The summed E-state index contributed by atoms with van der Waals surface area (Å²) in [6, 6.07) is 0. The summed E-state index contributed by atoms with van der Waals surface area (Å²) in [6.07, 6.45) is 12.8. The van der Waals surface area contributed by atoms with Gasteiger partial charge in [0.1, 0.15) is 4.33 Å². The van der Waals surface area contributed by atoms with Crippen molar-refractivity contribution in [3.63, 3.8) is 0 Å². The Hall–Kier alpha value is 0.500. The molecule has 1 unspecified atom stereocenters. The lowest BCUT2D eigenvalue weighted by atomic mass is 9.32. The van der Waals surface area contributed by atoms with Gasteiger partial charge in [-0.2, -0.15) is 0 Å². The molecule has 0 radical (unpaired) electrons. The highest BCUT2D eigenvalue weighted by Crippen LogP contribution is 2.80. The predicted octanol–water partition coefficient (Wildman–Crippen LogP) is 8.01. The van der Waals surface area contributed by atoms with Crippen LogP contribution >= 0.6 is 23.2 Å². The molecule has 0 heterocycles. The third-order valence-electron chi connectivity index (χ3n) is 15.0. The second-order valence-electron chi connectivity index (χ2n) is 16.0. The van der Waals surface area contributed by atoms with Gasteiger partial charge in [0.05, 0.1) is 6.10 Å². The molecule has 0 aromatic rings. The maximum atomic E-state index is 11.0. The Balaban J connectivity index is 1.39. The molecule has 0 amide bonds. The molecule has 0 saturated heterocycles. The molecule has 0 aromatic heterocycles. The molecule has 2 N–H and O–H groups in total. The summed E-state index contributed by atoms with van der Waals surface area (Å²) >= 11 is 13.6. The number of aliphatic hydroxyl groups excluding tert-OH is 2. The molecule has 11 atom stereocenters. The predicted molar refractivity (Wildman–Crippen MR) is 144 cm³/mol. The molecule has 2 nitrogen and oxygen atoms in total. The van der Waals surface area contributed by atoms with Gasteiger partial charge in [-0.3, -0.25) is 0 Å². The van der Waals surface area contributed by atoms with Crippen LogP contribution in [0, 0.1) is 62.1 Å². The lowest BCUT2D eigenvalue weighted by Gasteiger charge is -2.73. The highest BCUT2D eigenvalue weighted by molar-refractivity contribution is 6.51. The topological polar surface area (TPSA) is 40.5 Å². The Morgan fingerprint density at radius 1 is 0.686 bits per heavy atom. The van der Waals surface area contributed by atoms with E-state index >= 15 is 0 Å². The summed E-state index contributed by atoms with van der Waals surface area (Å²) < 4.78 is -0.585. The minimum atomic E-state index is -0.585. The number of aliphatic hydroxyl groups is 2. The van der Waals surface area contributed by atoms with Crippen LogP contribution in [0.15, 0.2) is 0 Å². The highest BCUT2D eigenvalue weighted by atomic mass is 35.5. The van der Waals surface area contributed by atoms with Crippen molar-refractivity contribution in [3.8, 4) is 0 Å². The van der Waals surface area contributed by atoms with Gasteiger partial charge in [0.2, 0.25) is 0 Å². The zero-order valence-electron chi connectivity index (χ0n) is 23.1. The molecule has 6 aliphatic rings. The Morgan fingerprint density at radius 2 is 1.34 bits per heavy atom. The van der Waals surface area contributed by atoms with E-state index in [0.717, 1.165) is 31.6 Å². The van der Waals surface area contributed by atoms with Crippen LogP contribution in [0.1, 0.15) is 112 Å². The van der Waals surface area contributed by atoms with Crippen molar-refractivity contribution in [1.82, 2.24) is 0 Å². The first kappa shape index (κ1) is 25.8. The normalized spacial score (nSPS) is 60.2. The van der Waals surface area contributed by atoms with Crippen molar-refractivity contribution in [1.29, 1.82) is 0 Å². The monoisotopic (exact) mass is 524 g/mol. The van der Waals surface area contributed by atoms with Crippen LogP contribution in [0.3, 0.4) is 0 Å². The van der Waals surface area contributed by atoms with Crippen LogP contribution in [-0.2, 0) is 0 Å². The minimum Gasteiger partial charge on any atom is -0.396 e. The van der Waals surface area contributed by atoms with Gasteiger partial charge in [0, 0.05) is 12.0 Å². The largest absolute Gasteiger partial charge is 0.396 e. The Morgan fingerprint density at radius 3 is 1.97 bits per heavy atom. The average molecular weight is 526 g/mol. The molecule has 6 rings (SSSR count). The van der Waals surface area contributed by atoms with Crippen molar-refractivity contribution < 1.29 is 10.2 Å². The number of alkyl halides is 2. The number of hydrogen-bond donors (Lipinski definition) is 2. The zero-order chi connectivity index (χ0) is 25.4. The first-order chi connectivity index (χ1) is 16.1. The van der Waals surface area contributed by atoms with Gasteiger partial charge in [-0.05, 0) is 127 Å². The molecule has 0 bridgehead atoms. The fourth-order valence-corrected chi connectivity index (χ4v) is 13.4. The molecule has 0 spiro atoms. The molecule has 6 aliphatic carbocycles. The fraction of sp³-hybridized carbons (Fsp3) is 1.00. The van der Waals surface area contributed by atoms with Crippen molar-refractivity contribution in [2.24, 2.45) is 62.1 Å². The van der Waals surface area contributed by atoms with E-state index in [2.05, 4.69) is 41.5 Å². The van der Waals surface area contributed by atoms with E-state index in [1.165, 1.54) is 44.9 Å². The summed E-state index contributed by atoms with van der Waals surface area (Å²) in [5.41, 5.74) is 1.01. The quantitative estimate of drug-likeness (QED) is 0.359. The maximum absolute atomic E-state index is 11.0. The van der Waals surface area contributed by atoms with Gasteiger partial charge in [-0.1, -0.05) is 41.5 Å². The molecule has 6 fully saturated rings. The standard InChI is InChI=1S/C31H50Cl2O2/c1-25(2)21-10-13-28(5)22(26(21,3)12-11-23(25)35)8-7-19-24-20(29(6)17-31(29,32)33)9-14-30(24,18-34)16-15-27(19,28)4/h19-24,34-35H,7-18H2,1-6H3/t19-,20-,21+,22-,23+,24+,26+,27-,28-,29?,30-/m1/s1. The molecule has 35 heavy (non-hydrogen) atoms. The lowest BCUT2D eigenvalue weighted by molar-refractivity contribution is -0.251. The fourth-order valence-electron chi connectivity index (χ4n) is 12.5. The van der Waals surface area contributed by atoms with Gasteiger partial charge in [-0.15, -0.1) is 23.2 Å². The third kappa shape index (κ3) is 2.93. The summed E-state index contributed by atoms with van der Waals surface area (Å²) in [7, 11) is 0. The number of halogens is 2. The summed E-state index contributed by atoms with van der Waals surface area (Å²) in [6.45, 7) is 15.3. The molecular weight excluding hydrogens is 475 g/mol. The van der Waals surface area contributed by atoms with Gasteiger partial charge in [-0.25, -0.2) is 0 Å². The Labute approximate surface area is 224 Å². The first-order valence-corrected chi connectivity index (χ1v) is 15.6. The lowest BCUT2D eigenvalue weighted by Crippen LogP contribution is -2.67. The van der Waals surface area contributed by atoms with Crippen molar-refractivity contribution >= 4 is 23.2 Å². The number of hydrogen-bond acceptors (Lipinski definition) is 2. The van der Waals surface area contributed by atoms with E-state index in [-0.39, 0.29) is 22.3 Å². The van der Waals surface area contributed by atoms with E-state index in [9.17, 15) is 10.2 Å². The molecular formula is C31H50Cl2O2. The highest BCUT2D eigenvalue weighted by Gasteiger charge is 2.75. The van der Waals surface area contributed by atoms with Crippen molar-refractivity contribution in [3.05, 3.63) is 0 Å². The van der Waals surface area contributed by atoms with E-state index in [1.54, 1.807) is 0 Å². The minimum absolute atomic E-state index is 0.000866. The summed E-state index contributed by atoms with van der Waals surface area (Å²) in [4.78, 5) is 0. The SMILES string of the molecule is CC1(C)[C@@H](O)CC[C@]2(C)[C@H]3CC[C@@H]4[C@H]5[C@H](C6(C)CC6(Cl)Cl)CC[C@]5(CO)CC[C@@]4(C)[C@]3(C)CC[C@@H]12. The molecule has 4 heteroatoms. The smallest absolute Gasteiger partial charge is 0.124 e. The van der Waals surface area contributed by atoms with Crippen LogP contribution in [0.4, 0.5) is 0 Å². The zero-order valence-corrected chi connectivity index (χ0v) is 24.6. The Kier molecular flexibility index (Phi) is 5.42. The van der Waals surface area contributed by atoms with Crippen LogP contribution in [0.25, 0.3) is 0 Å². The van der Waals surface area contributed by atoms with E-state index in [0.29, 0.717) is 46.5 Å². The summed E-state index contributed by atoms with van der Waals surface area (Å²) in [5, 5.41) is 21.8. The third-order valence-corrected chi connectivity index (χ3v) is 16.1. The molecule has 6 saturated carbocycles. The second-order valence-corrected chi connectivity index (χ2v) is 17.5. The van der Waals surface area contributed by atoms with E-state index in [4.69, 9.17) is 23.2 Å². The van der Waals surface area contributed by atoms with Gasteiger partial charge in [0.15, 0.2) is 0 Å². The van der Waals surface area contributed by atoms with Crippen molar-refractivity contribution in [2.45, 2.75) is 123 Å². The van der Waals surface area contributed by atoms with Crippen LogP contribution in [0.5, 0.6) is 0 Å². The van der Waals surface area contributed by atoms with Crippen LogP contribution in [-0.4, -0.2) is 27.3 Å².